The first-order valence-corrected chi connectivity index (χ1v) is 13.0. The molecule has 0 saturated carbocycles. The number of rotatable bonds is 11. The van der Waals surface area contributed by atoms with Crippen molar-refractivity contribution in [3.63, 3.8) is 0 Å². The molecule has 0 bridgehead atoms. The van der Waals surface area contributed by atoms with Gasteiger partial charge in [0.05, 0.1) is 25.9 Å². The first-order valence-electron chi connectivity index (χ1n) is 8.16. The van der Waals surface area contributed by atoms with Gasteiger partial charge in [-0.15, -0.1) is 0 Å². The fourth-order valence-electron chi connectivity index (χ4n) is 2.48. The Labute approximate surface area is 156 Å². The maximum atomic E-state index is 12.9. The molecular formula is C13H25O10PS2. The highest BCUT2D eigenvalue weighted by Gasteiger charge is 2.39. The summed E-state index contributed by atoms with van der Waals surface area (Å²) in [5.41, 5.74) is 0. The summed E-state index contributed by atoms with van der Waals surface area (Å²) in [7, 11) is -6.67. The Morgan fingerprint density at radius 1 is 1.19 bits per heavy atom. The molecule has 0 spiro atoms. The second-order valence-corrected chi connectivity index (χ2v) is 12.1. The van der Waals surface area contributed by atoms with Crippen molar-refractivity contribution in [2.24, 2.45) is 0 Å². The molecule has 5 atom stereocenters. The topological polar surface area (TPSA) is 138 Å². The van der Waals surface area contributed by atoms with E-state index in [0.29, 0.717) is 36.8 Å². The van der Waals surface area contributed by atoms with Gasteiger partial charge in [-0.1, -0.05) is 0 Å². The van der Waals surface area contributed by atoms with Gasteiger partial charge in [0.25, 0.3) is 0 Å². The Balaban J connectivity index is 1.93. The zero-order valence-corrected chi connectivity index (χ0v) is 16.9. The van der Waals surface area contributed by atoms with Gasteiger partial charge in [-0.05, 0) is 17.2 Å². The predicted octanol–water partition coefficient (Wildman–Crippen LogP) is 0.137. The van der Waals surface area contributed by atoms with Gasteiger partial charge in [0.15, 0.2) is 8.87 Å². The molecule has 2 fully saturated rings. The monoisotopic (exact) mass is 436 g/mol. The third-order valence-electron chi connectivity index (χ3n) is 3.80. The largest absolute Gasteiger partial charge is 0.475 e. The normalized spacial score (nSPS) is 32.0. The van der Waals surface area contributed by atoms with E-state index in [9.17, 15) is 23.2 Å². The van der Waals surface area contributed by atoms with Crippen LogP contribution in [0, 0.1) is 0 Å². The van der Waals surface area contributed by atoms with Crippen LogP contribution in [0.3, 0.4) is 0 Å². The van der Waals surface area contributed by atoms with Crippen LogP contribution in [0.4, 0.5) is 0 Å². The Morgan fingerprint density at radius 2 is 1.88 bits per heavy atom. The molecule has 2 heterocycles. The molecule has 2 aliphatic heterocycles. The zero-order chi connectivity index (χ0) is 19.2. The lowest BCUT2D eigenvalue weighted by Crippen LogP contribution is -2.29. The quantitative estimate of drug-likeness (QED) is 0.260. The summed E-state index contributed by atoms with van der Waals surface area (Å²) >= 11 is 0. The van der Waals surface area contributed by atoms with Crippen LogP contribution in [0.2, 0.25) is 0 Å². The smallest absolute Gasteiger partial charge is 0.394 e. The highest BCUT2D eigenvalue weighted by molar-refractivity contribution is 8.71. The lowest BCUT2D eigenvalue weighted by Gasteiger charge is -2.25. The molecule has 0 aromatic heterocycles. The van der Waals surface area contributed by atoms with Crippen molar-refractivity contribution in [3.8, 4) is 0 Å². The highest BCUT2D eigenvalue weighted by Crippen LogP contribution is 2.52. The fourth-order valence-corrected chi connectivity index (χ4v) is 5.58. The SMILES string of the molecule is CS(=O)(=O)SCCO[P@@](=O)(OC[C@H]1OCC[C@H]1O)O[C@@H]1CCO[C@@H]1CO. The van der Waals surface area contributed by atoms with E-state index in [1.54, 1.807) is 0 Å². The highest BCUT2D eigenvalue weighted by atomic mass is 33.1. The Bertz CT molecular complexity index is 585. The van der Waals surface area contributed by atoms with Gasteiger partial charge >= 0.3 is 7.82 Å². The van der Waals surface area contributed by atoms with E-state index in [1.165, 1.54) is 0 Å². The molecule has 0 aromatic carbocycles. The minimum absolute atomic E-state index is 0.0443. The summed E-state index contributed by atoms with van der Waals surface area (Å²) in [5, 5.41) is 19.0. The number of phosphoric acid groups is 1. The Kier molecular flexibility index (Phi) is 8.80. The Morgan fingerprint density at radius 3 is 2.50 bits per heavy atom. The number of phosphoric ester groups is 1. The number of ether oxygens (including phenoxy) is 2. The number of aliphatic hydroxyl groups is 2. The maximum absolute atomic E-state index is 12.9. The molecule has 26 heavy (non-hydrogen) atoms. The molecule has 2 N–H and O–H groups in total. The van der Waals surface area contributed by atoms with Gasteiger partial charge in [0.1, 0.15) is 18.3 Å². The lowest BCUT2D eigenvalue weighted by molar-refractivity contribution is -0.0238. The van der Waals surface area contributed by atoms with Crippen LogP contribution in [0.1, 0.15) is 12.8 Å². The number of aliphatic hydroxyl groups excluding tert-OH is 2. The first-order chi connectivity index (χ1) is 12.2. The second-order valence-electron chi connectivity index (χ2n) is 5.89. The van der Waals surface area contributed by atoms with Crippen LogP contribution < -0.4 is 0 Å². The van der Waals surface area contributed by atoms with Crippen molar-refractivity contribution in [1.82, 2.24) is 0 Å². The van der Waals surface area contributed by atoms with E-state index in [2.05, 4.69) is 0 Å². The number of hydrogen-bond donors (Lipinski definition) is 2. The summed E-state index contributed by atoms with van der Waals surface area (Å²) in [6, 6.07) is 0. The summed E-state index contributed by atoms with van der Waals surface area (Å²) in [5.74, 6) is 0.0443. The van der Waals surface area contributed by atoms with E-state index < -0.39 is 41.1 Å². The predicted molar refractivity (Wildman–Crippen MR) is 93.5 cm³/mol. The summed E-state index contributed by atoms with van der Waals surface area (Å²) < 4.78 is 61.7. The van der Waals surface area contributed by atoms with E-state index >= 15 is 0 Å². The average Bonchev–Trinajstić information content (AvgIpc) is 3.17. The molecule has 0 aliphatic carbocycles. The standard InChI is InChI=1S/C13H25O10PS2/c1-26(17,18)25-7-6-21-24(16,22-9-13-10(15)2-4-20-13)23-11-3-5-19-12(11)8-14/h10-15H,2-9H2,1H3/t10-,11-,12-,13-,24+/m1/s1. The van der Waals surface area contributed by atoms with Crippen molar-refractivity contribution in [2.45, 2.75) is 37.3 Å². The van der Waals surface area contributed by atoms with Gasteiger partial charge in [-0.25, -0.2) is 13.0 Å². The number of hydrogen-bond acceptors (Lipinski definition) is 11. The van der Waals surface area contributed by atoms with Crippen LogP contribution >= 0.6 is 18.6 Å². The van der Waals surface area contributed by atoms with E-state index in [-0.39, 0.29) is 25.6 Å². The van der Waals surface area contributed by atoms with E-state index in [0.717, 1.165) is 6.26 Å². The molecule has 13 heteroatoms. The molecule has 2 aliphatic rings. The molecule has 154 valence electrons. The molecule has 0 amide bonds. The minimum atomic E-state index is -4.07. The van der Waals surface area contributed by atoms with Gasteiger partial charge in [-0.2, -0.15) is 0 Å². The van der Waals surface area contributed by atoms with E-state index in [1.807, 2.05) is 0 Å². The molecule has 0 aromatic rings. The fraction of sp³-hybridized carbons (Fsp3) is 1.00. The molecular weight excluding hydrogens is 411 g/mol. The van der Waals surface area contributed by atoms with Crippen molar-refractivity contribution in [2.75, 3.05) is 45.0 Å². The third kappa shape index (κ3) is 7.34. The van der Waals surface area contributed by atoms with Crippen LogP contribution in [-0.2, 0) is 36.5 Å². The molecule has 0 unspecified atom stereocenters. The third-order valence-corrected chi connectivity index (χ3v) is 7.83. The van der Waals surface area contributed by atoms with Gasteiger partial charge < -0.3 is 19.7 Å². The van der Waals surface area contributed by atoms with Crippen molar-refractivity contribution < 1.29 is 46.2 Å². The summed E-state index contributed by atoms with van der Waals surface area (Å²) in [4.78, 5) is 0. The minimum Gasteiger partial charge on any atom is -0.394 e. The van der Waals surface area contributed by atoms with Crippen LogP contribution in [0.5, 0.6) is 0 Å². The summed E-state index contributed by atoms with van der Waals surface area (Å²) in [6.07, 6.45) is -0.780. The van der Waals surface area contributed by atoms with Crippen LogP contribution in [0.25, 0.3) is 0 Å². The molecule has 2 rings (SSSR count). The first kappa shape index (κ1) is 22.5. The van der Waals surface area contributed by atoms with Gasteiger partial charge in [0.2, 0.25) is 0 Å². The van der Waals surface area contributed by atoms with Crippen LogP contribution in [-0.4, -0.2) is 88.1 Å². The zero-order valence-electron chi connectivity index (χ0n) is 14.4. The van der Waals surface area contributed by atoms with Crippen molar-refractivity contribution in [3.05, 3.63) is 0 Å². The molecule has 10 nitrogen and oxygen atoms in total. The lowest BCUT2D eigenvalue weighted by atomic mass is 10.2. The molecule has 2 saturated heterocycles. The van der Waals surface area contributed by atoms with Crippen LogP contribution in [0.15, 0.2) is 0 Å². The van der Waals surface area contributed by atoms with Gasteiger partial charge in [-0.3, -0.25) is 13.6 Å². The molecule has 0 radical (unpaired) electrons. The van der Waals surface area contributed by atoms with Crippen molar-refractivity contribution in [1.29, 1.82) is 0 Å². The Hall–Kier alpha value is 0.250. The summed E-state index contributed by atoms with van der Waals surface area (Å²) in [6.45, 7) is 0.0219. The van der Waals surface area contributed by atoms with Gasteiger partial charge in [0, 0.05) is 31.6 Å². The average molecular weight is 436 g/mol. The second kappa shape index (κ2) is 10.1. The maximum Gasteiger partial charge on any atom is 0.475 e. The van der Waals surface area contributed by atoms with E-state index in [4.69, 9.17) is 23.0 Å². The van der Waals surface area contributed by atoms with Crippen molar-refractivity contribution >= 4 is 27.5 Å².